The lowest BCUT2D eigenvalue weighted by Crippen LogP contribution is -2.38. The predicted octanol–water partition coefficient (Wildman–Crippen LogP) is 2.87. The smallest absolute Gasteiger partial charge is 0.325 e. The standard InChI is InChI=1S/C13H20ClNO2/c1-4-6-9-7-5-8-10(11(9)14)12(13(16)17)15(2)3/h5,8-9,12H,4,6-7H2,1-3H3,(H,16,17). The Morgan fingerprint density at radius 2 is 2.29 bits per heavy atom. The maximum absolute atomic E-state index is 11.3. The summed E-state index contributed by atoms with van der Waals surface area (Å²) >= 11 is 6.35. The molecular weight excluding hydrogens is 238 g/mol. The predicted molar refractivity (Wildman–Crippen MR) is 70.1 cm³/mol. The van der Waals surface area contributed by atoms with Crippen molar-refractivity contribution in [1.29, 1.82) is 0 Å². The number of hydrogen-bond acceptors (Lipinski definition) is 2. The fourth-order valence-electron chi connectivity index (χ4n) is 2.22. The van der Waals surface area contributed by atoms with Crippen molar-refractivity contribution in [3.63, 3.8) is 0 Å². The van der Waals surface area contributed by atoms with Crippen molar-refractivity contribution in [1.82, 2.24) is 4.90 Å². The Bertz CT molecular complexity index is 347. The molecule has 17 heavy (non-hydrogen) atoms. The van der Waals surface area contributed by atoms with E-state index in [1.54, 1.807) is 19.0 Å². The Labute approximate surface area is 108 Å². The SMILES string of the molecule is CCCC1CC=CC(C(C(=O)O)N(C)C)=C1Cl. The van der Waals surface area contributed by atoms with Crippen LogP contribution in [0.25, 0.3) is 0 Å². The summed E-state index contributed by atoms with van der Waals surface area (Å²) in [6, 6.07) is -0.654. The molecule has 2 unspecified atom stereocenters. The molecule has 1 aliphatic rings. The van der Waals surface area contributed by atoms with Gasteiger partial charge in [-0.2, -0.15) is 0 Å². The molecule has 4 heteroatoms. The van der Waals surface area contributed by atoms with Crippen LogP contribution < -0.4 is 0 Å². The highest BCUT2D eigenvalue weighted by atomic mass is 35.5. The van der Waals surface area contributed by atoms with Crippen LogP contribution in [0.3, 0.4) is 0 Å². The quantitative estimate of drug-likeness (QED) is 0.823. The van der Waals surface area contributed by atoms with E-state index in [1.807, 2.05) is 12.2 Å². The monoisotopic (exact) mass is 257 g/mol. The summed E-state index contributed by atoms with van der Waals surface area (Å²) in [6.07, 6.45) is 6.86. The van der Waals surface area contributed by atoms with E-state index in [1.165, 1.54) is 0 Å². The Morgan fingerprint density at radius 3 is 2.76 bits per heavy atom. The number of carboxylic acids is 1. The number of allylic oxidation sites excluding steroid dienone is 2. The number of rotatable bonds is 5. The largest absolute Gasteiger partial charge is 0.480 e. The molecule has 0 saturated carbocycles. The summed E-state index contributed by atoms with van der Waals surface area (Å²) in [5, 5.41) is 9.98. The molecule has 0 radical (unpaired) electrons. The van der Waals surface area contributed by atoms with E-state index in [-0.39, 0.29) is 5.92 Å². The van der Waals surface area contributed by atoms with Crippen molar-refractivity contribution in [2.75, 3.05) is 14.1 Å². The van der Waals surface area contributed by atoms with E-state index in [0.717, 1.165) is 29.9 Å². The molecule has 0 aliphatic heterocycles. The number of aliphatic carboxylic acids is 1. The molecule has 2 atom stereocenters. The molecule has 0 spiro atoms. The normalized spacial score (nSPS) is 22.1. The molecule has 0 aromatic carbocycles. The van der Waals surface area contributed by atoms with E-state index in [2.05, 4.69) is 6.92 Å². The Balaban J connectivity index is 3.03. The average Bonchev–Trinajstić information content (AvgIpc) is 2.23. The second-order valence-corrected chi connectivity index (χ2v) is 5.04. The second kappa shape index (κ2) is 6.22. The molecule has 1 aliphatic carbocycles. The van der Waals surface area contributed by atoms with Crippen molar-refractivity contribution < 1.29 is 9.90 Å². The minimum Gasteiger partial charge on any atom is -0.480 e. The average molecular weight is 258 g/mol. The molecule has 1 rings (SSSR count). The van der Waals surface area contributed by atoms with Crippen LogP contribution in [0.4, 0.5) is 0 Å². The molecule has 3 nitrogen and oxygen atoms in total. The van der Waals surface area contributed by atoms with Crippen molar-refractivity contribution in [3.8, 4) is 0 Å². The highest BCUT2D eigenvalue weighted by Crippen LogP contribution is 2.34. The fourth-order valence-corrected chi connectivity index (χ4v) is 2.59. The molecule has 0 aromatic heterocycles. The molecular formula is C13H20ClNO2. The van der Waals surface area contributed by atoms with Crippen LogP contribution in [0, 0.1) is 5.92 Å². The Kier molecular flexibility index (Phi) is 5.22. The van der Waals surface area contributed by atoms with Gasteiger partial charge in [0.15, 0.2) is 0 Å². The summed E-state index contributed by atoms with van der Waals surface area (Å²) in [5.74, 6) is -0.576. The van der Waals surface area contributed by atoms with Gasteiger partial charge in [-0.25, -0.2) is 0 Å². The summed E-state index contributed by atoms with van der Waals surface area (Å²) in [4.78, 5) is 13.0. The van der Waals surface area contributed by atoms with Crippen LogP contribution in [0.15, 0.2) is 22.8 Å². The molecule has 0 heterocycles. The van der Waals surface area contributed by atoms with Crippen molar-refractivity contribution in [3.05, 3.63) is 22.8 Å². The topological polar surface area (TPSA) is 40.5 Å². The number of hydrogen-bond donors (Lipinski definition) is 1. The zero-order chi connectivity index (χ0) is 13.0. The summed E-state index contributed by atoms with van der Waals surface area (Å²) in [7, 11) is 3.51. The van der Waals surface area contributed by atoms with E-state index in [9.17, 15) is 9.90 Å². The van der Waals surface area contributed by atoms with E-state index >= 15 is 0 Å². The van der Waals surface area contributed by atoms with Gasteiger partial charge in [0.2, 0.25) is 0 Å². The number of carboxylic acid groups (broad SMARTS) is 1. The summed E-state index contributed by atoms with van der Waals surface area (Å²) < 4.78 is 0. The van der Waals surface area contributed by atoms with Crippen LogP contribution in [-0.2, 0) is 4.79 Å². The van der Waals surface area contributed by atoms with E-state index < -0.39 is 12.0 Å². The van der Waals surface area contributed by atoms with Gasteiger partial charge in [0.05, 0.1) is 0 Å². The molecule has 0 saturated heterocycles. The molecule has 1 N–H and O–H groups in total. The highest BCUT2D eigenvalue weighted by molar-refractivity contribution is 6.30. The number of carbonyl (C=O) groups is 1. The van der Waals surface area contributed by atoms with Gasteiger partial charge < -0.3 is 5.11 Å². The third-order valence-electron chi connectivity index (χ3n) is 3.03. The summed E-state index contributed by atoms with van der Waals surface area (Å²) in [5.41, 5.74) is 0.730. The first-order chi connectivity index (χ1) is 7.99. The molecule has 96 valence electrons. The van der Waals surface area contributed by atoms with Crippen LogP contribution in [-0.4, -0.2) is 36.1 Å². The molecule has 0 amide bonds. The summed E-state index contributed by atoms with van der Waals surface area (Å²) in [6.45, 7) is 2.11. The van der Waals surface area contributed by atoms with Gasteiger partial charge in [-0.3, -0.25) is 9.69 Å². The Hall–Kier alpha value is -0.800. The first-order valence-corrected chi connectivity index (χ1v) is 6.32. The van der Waals surface area contributed by atoms with Gasteiger partial charge in [0.1, 0.15) is 6.04 Å². The highest BCUT2D eigenvalue weighted by Gasteiger charge is 2.29. The van der Waals surface area contributed by atoms with Crippen LogP contribution in [0.5, 0.6) is 0 Å². The molecule has 0 aromatic rings. The maximum atomic E-state index is 11.3. The molecule has 0 bridgehead atoms. The first-order valence-electron chi connectivity index (χ1n) is 5.94. The van der Waals surface area contributed by atoms with Crippen molar-refractivity contribution in [2.24, 2.45) is 5.92 Å². The third kappa shape index (κ3) is 3.33. The minimum atomic E-state index is -0.857. The number of likely N-dealkylation sites (N-methyl/N-ethyl adjacent to an activating group) is 1. The lowest BCUT2D eigenvalue weighted by atomic mass is 9.89. The minimum absolute atomic E-state index is 0.281. The lowest BCUT2D eigenvalue weighted by molar-refractivity contribution is -0.140. The van der Waals surface area contributed by atoms with Gasteiger partial charge in [-0.05, 0) is 38.4 Å². The van der Waals surface area contributed by atoms with Crippen LogP contribution in [0.1, 0.15) is 26.2 Å². The first kappa shape index (κ1) is 14.3. The zero-order valence-corrected chi connectivity index (χ0v) is 11.4. The fraction of sp³-hybridized carbons (Fsp3) is 0.615. The van der Waals surface area contributed by atoms with Gasteiger partial charge in [0.25, 0.3) is 0 Å². The van der Waals surface area contributed by atoms with E-state index in [0.29, 0.717) is 0 Å². The van der Waals surface area contributed by atoms with Gasteiger partial charge in [-0.1, -0.05) is 37.1 Å². The van der Waals surface area contributed by atoms with Gasteiger partial charge >= 0.3 is 5.97 Å². The number of halogens is 1. The Morgan fingerprint density at radius 1 is 1.65 bits per heavy atom. The van der Waals surface area contributed by atoms with Gasteiger partial charge in [0, 0.05) is 5.03 Å². The van der Waals surface area contributed by atoms with E-state index in [4.69, 9.17) is 11.6 Å². The van der Waals surface area contributed by atoms with Gasteiger partial charge in [-0.15, -0.1) is 0 Å². The number of nitrogens with zero attached hydrogens (tertiary/aromatic N) is 1. The maximum Gasteiger partial charge on any atom is 0.325 e. The van der Waals surface area contributed by atoms with Crippen molar-refractivity contribution >= 4 is 17.6 Å². The van der Waals surface area contributed by atoms with Crippen LogP contribution >= 0.6 is 11.6 Å². The van der Waals surface area contributed by atoms with Crippen LogP contribution in [0.2, 0.25) is 0 Å². The third-order valence-corrected chi connectivity index (χ3v) is 3.56. The van der Waals surface area contributed by atoms with Crippen molar-refractivity contribution in [2.45, 2.75) is 32.2 Å². The lowest BCUT2D eigenvalue weighted by Gasteiger charge is -2.27. The zero-order valence-electron chi connectivity index (χ0n) is 10.6. The molecule has 0 fully saturated rings. The second-order valence-electron chi connectivity index (χ2n) is 4.63.